The molecule has 0 spiro atoms. The van der Waals surface area contributed by atoms with Gasteiger partial charge in [0, 0.05) is 33.0 Å². The fourth-order valence-corrected chi connectivity index (χ4v) is 6.06. The maximum Gasteiger partial charge on any atom is 0.289 e. The molecule has 224 valence electrons. The van der Waals surface area contributed by atoms with E-state index in [0.717, 1.165) is 38.9 Å². The Bertz CT molecular complexity index is 452. The highest BCUT2D eigenvalue weighted by Gasteiger charge is 2.56. The predicted octanol–water partition coefficient (Wildman–Crippen LogP) is 10.5. The van der Waals surface area contributed by atoms with Crippen LogP contribution in [0.4, 0.5) is 0 Å². The van der Waals surface area contributed by atoms with Crippen LogP contribution in [0.15, 0.2) is 0 Å². The molecule has 2 atom stereocenters. The smallest absolute Gasteiger partial charge is 0.289 e. The summed E-state index contributed by atoms with van der Waals surface area (Å²) in [5, 5.41) is 0. The van der Waals surface area contributed by atoms with E-state index < -0.39 is 5.97 Å². The van der Waals surface area contributed by atoms with E-state index in [9.17, 15) is 0 Å². The van der Waals surface area contributed by atoms with Gasteiger partial charge < -0.3 is 18.9 Å². The third-order valence-corrected chi connectivity index (χ3v) is 8.05. The summed E-state index contributed by atoms with van der Waals surface area (Å²) in [7, 11) is 0. The van der Waals surface area contributed by atoms with Crippen LogP contribution in [-0.4, -0.2) is 39.0 Å². The highest BCUT2D eigenvalue weighted by Crippen LogP contribution is 2.52. The molecule has 4 heteroatoms. The van der Waals surface area contributed by atoms with Gasteiger partial charge in [-0.3, -0.25) is 0 Å². The number of unbranched alkanes of at least 4 members (excludes halogenated alkanes) is 11. The molecular formula is C33H68O4. The van der Waals surface area contributed by atoms with Crippen LogP contribution in [0.3, 0.4) is 0 Å². The van der Waals surface area contributed by atoms with Crippen molar-refractivity contribution >= 4 is 0 Å². The van der Waals surface area contributed by atoms with E-state index in [1.165, 1.54) is 89.9 Å². The summed E-state index contributed by atoms with van der Waals surface area (Å²) >= 11 is 0. The van der Waals surface area contributed by atoms with Gasteiger partial charge in [-0.2, -0.15) is 0 Å². The molecule has 0 bridgehead atoms. The zero-order valence-corrected chi connectivity index (χ0v) is 26.5. The maximum absolute atomic E-state index is 6.47. The molecule has 0 saturated carbocycles. The van der Waals surface area contributed by atoms with Crippen LogP contribution in [0.5, 0.6) is 0 Å². The number of ether oxygens (including phenoxy) is 4. The summed E-state index contributed by atoms with van der Waals surface area (Å²) in [6.45, 7) is 18.9. The first-order chi connectivity index (χ1) is 18.0. The monoisotopic (exact) mass is 529 g/mol. The third kappa shape index (κ3) is 14.7. The molecule has 0 radical (unpaired) electrons. The summed E-state index contributed by atoms with van der Waals surface area (Å²) in [5.41, 5.74) is -0.184. The normalized spacial score (nSPS) is 14.7. The second-order valence-corrected chi connectivity index (χ2v) is 11.1. The van der Waals surface area contributed by atoms with Gasteiger partial charge in [0.15, 0.2) is 0 Å². The molecule has 0 amide bonds. The van der Waals surface area contributed by atoms with Crippen LogP contribution in [-0.2, 0) is 18.9 Å². The van der Waals surface area contributed by atoms with Crippen LogP contribution < -0.4 is 0 Å². The molecular weight excluding hydrogens is 460 g/mol. The molecule has 0 aliphatic heterocycles. The van der Waals surface area contributed by atoms with E-state index in [0.29, 0.717) is 25.7 Å². The van der Waals surface area contributed by atoms with E-state index in [1.54, 1.807) is 0 Å². The van der Waals surface area contributed by atoms with Crippen LogP contribution >= 0.6 is 0 Å². The fraction of sp³-hybridized carbons (Fsp3) is 1.00. The quantitative estimate of drug-likeness (QED) is 0.0714. The van der Waals surface area contributed by atoms with Crippen molar-refractivity contribution in [3.63, 3.8) is 0 Å². The zero-order valence-electron chi connectivity index (χ0n) is 26.5. The van der Waals surface area contributed by atoms with E-state index in [-0.39, 0.29) is 5.41 Å². The molecule has 0 heterocycles. The lowest BCUT2D eigenvalue weighted by Gasteiger charge is -2.52. The zero-order chi connectivity index (χ0) is 27.7. The first-order valence-corrected chi connectivity index (χ1v) is 16.5. The Hall–Kier alpha value is -0.160. The molecule has 37 heavy (non-hydrogen) atoms. The van der Waals surface area contributed by atoms with Gasteiger partial charge in [-0.15, -0.1) is 0 Å². The lowest BCUT2D eigenvalue weighted by Crippen LogP contribution is -2.58. The average molecular weight is 529 g/mol. The van der Waals surface area contributed by atoms with Crippen molar-refractivity contribution in [1.82, 2.24) is 0 Å². The van der Waals surface area contributed by atoms with Crippen molar-refractivity contribution in [3.05, 3.63) is 0 Å². The Morgan fingerprint density at radius 1 is 0.486 bits per heavy atom. The first-order valence-electron chi connectivity index (χ1n) is 16.5. The second-order valence-electron chi connectivity index (χ2n) is 11.1. The van der Waals surface area contributed by atoms with Crippen molar-refractivity contribution in [3.8, 4) is 0 Å². The van der Waals surface area contributed by atoms with Crippen molar-refractivity contribution < 1.29 is 18.9 Å². The van der Waals surface area contributed by atoms with Gasteiger partial charge in [0.1, 0.15) is 0 Å². The standard InChI is InChI=1S/C33H68O4/c1-8-14-16-18-19-20-22-24-29-34-30-25-28-32(27-10-3,31(7)26-23-21-17-15-9-2)33(35-11-4,36-12-5)37-13-6/h31H,8-30H2,1-7H3. The Morgan fingerprint density at radius 2 is 0.946 bits per heavy atom. The second kappa shape index (κ2) is 24.9. The minimum absolute atomic E-state index is 0.184. The van der Waals surface area contributed by atoms with Crippen LogP contribution in [0.1, 0.15) is 164 Å². The molecule has 0 fully saturated rings. The van der Waals surface area contributed by atoms with E-state index in [4.69, 9.17) is 18.9 Å². The Balaban J connectivity index is 5.16. The van der Waals surface area contributed by atoms with Gasteiger partial charge in [-0.05, 0) is 58.8 Å². The summed E-state index contributed by atoms with van der Waals surface area (Å²) in [6, 6.07) is 0. The largest absolute Gasteiger partial charge is 0.381 e. The van der Waals surface area contributed by atoms with Crippen molar-refractivity contribution in [2.24, 2.45) is 11.3 Å². The lowest BCUT2D eigenvalue weighted by molar-refractivity contribution is -0.438. The van der Waals surface area contributed by atoms with Gasteiger partial charge in [0.25, 0.3) is 5.97 Å². The molecule has 0 N–H and O–H groups in total. The fourth-order valence-electron chi connectivity index (χ4n) is 6.06. The van der Waals surface area contributed by atoms with Crippen LogP contribution in [0.2, 0.25) is 0 Å². The Kier molecular flexibility index (Phi) is 24.7. The third-order valence-electron chi connectivity index (χ3n) is 8.05. The van der Waals surface area contributed by atoms with E-state index in [1.807, 2.05) is 0 Å². The molecule has 0 aliphatic carbocycles. The lowest BCUT2D eigenvalue weighted by atomic mass is 9.65. The van der Waals surface area contributed by atoms with Gasteiger partial charge in [-0.1, -0.05) is 111 Å². The number of hydrogen-bond donors (Lipinski definition) is 0. The molecule has 0 aromatic rings. The molecule has 0 aliphatic rings. The van der Waals surface area contributed by atoms with E-state index >= 15 is 0 Å². The maximum atomic E-state index is 6.47. The molecule has 0 rings (SSSR count). The first kappa shape index (κ1) is 36.8. The topological polar surface area (TPSA) is 36.9 Å². The number of hydrogen-bond acceptors (Lipinski definition) is 4. The summed E-state index contributed by atoms with van der Waals surface area (Å²) in [6.07, 6.45) is 22.6. The van der Waals surface area contributed by atoms with Crippen molar-refractivity contribution in [1.29, 1.82) is 0 Å². The minimum atomic E-state index is -0.984. The molecule has 2 unspecified atom stereocenters. The van der Waals surface area contributed by atoms with Gasteiger partial charge >= 0.3 is 0 Å². The Morgan fingerprint density at radius 3 is 1.43 bits per heavy atom. The SMILES string of the molecule is CCCCCCCCCCOCCCC(CCC)(C(C)CCCCCCC)C(OCC)(OCC)OCC. The van der Waals surface area contributed by atoms with Crippen LogP contribution in [0, 0.1) is 11.3 Å². The average Bonchev–Trinajstić information content (AvgIpc) is 2.88. The molecule has 4 nitrogen and oxygen atoms in total. The van der Waals surface area contributed by atoms with Gasteiger partial charge in [0.2, 0.25) is 0 Å². The van der Waals surface area contributed by atoms with Gasteiger partial charge in [0.05, 0.1) is 5.41 Å². The highest BCUT2D eigenvalue weighted by atomic mass is 16.9. The van der Waals surface area contributed by atoms with E-state index in [2.05, 4.69) is 48.5 Å². The summed E-state index contributed by atoms with van der Waals surface area (Å²) < 4.78 is 25.5. The summed E-state index contributed by atoms with van der Waals surface area (Å²) in [4.78, 5) is 0. The van der Waals surface area contributed by atoms with Crippen LogP contribution in [0.25, 0.3) is 0 Å². The molecule has 0 aromatic carbocycles. The highest BCUT2D eigenvalue weighted by molar-refractivity contribution is 4.93. The molecule has 0 aromatic heterocycles. The summed E-state index contributed by atoms with van der Waals surface area (Å²) in [5.74, 6) is -0.534. The van der Waals surface area contributed by atoms with Gasteiger partial charge in [-0.25, -0.2) is 0 Å². The van der Waals surface area contributed by atoms with Crippen molar-refractivity contribution in [2.75, 3.05) is 33.0 Å². The number of rotatable bonds is 29. The van der Waals surface area contributed by atoms with Crippen molar-refractivity contribution in [2.45, 2.75) is 170 Å². The predicted molar refractivity (Wildman–Crippen MR) is 160 cm³/mol. The molecule has 0 saturated heterocycles. The Labute approximate surface area is 233 Å². The minimum Gasteiger partial charge on any atom is -0.381 e.